The summed E-state index contributed by atoms with van der Waals surface area (Å²) < 4.78 is 5.24. The smallest absolute Gasteiger partial charge is 0.407 e. The molecular weight excluding hydrogens is 280 g/mol. The van der Waals surface area contributed by atoms with Crippen LogP contribution in [0.4, 0.5) is 4.79 Å². The van der Waals surface area contributed by atoms with Crippen molar-refractivity contribution in [2.75, 3.05) is 6.54 Å². The van der Waals surface area contributed by atoms with Crippen LogP contribution in [0.3, 0.4) is 0 Å². The van der Waals surface area contributed by atoms with Crippen molar-refractivity contribution in [2.24, 2.45) is 5.92 Å². The Morgan fingerprint density at radius 3 is 2.55 bits per heavy atom. The van der Waals surface area contributed by atoms with Crippen LogP contribution < -0.4 is 10.6 Å². The minimum Gasteiger partial charge on any atom is -0.508 e. The first-order valence-electron chi connectivity index (χ1n) is 7.65. The van der Waals surface area contributed by atoms with Gasteiger partial charge >= 0.3 is 6.09 Å². The predicted octanol–water partition coefficient (Wildman–Crippen LogP) is 3.03. The monoisotopic (exact) mass is 308 g/mol. The fraction of sp³-hybridized carbons (Fsp3) is 0.588. The Hall–Kier alpha value is -1.75. The van der Waals surface area contributed by atoms with Crippen LogP contribution in [-0.4, -0.2) is 29.4 Å². The van der Waals surface area contributed by atoms with E-state index in [-0.39, 0.29) is 11.8 Å². The summed E-state index contributed by atoms with van der Waals surface area (Å²) in [6.07, 6.45) is -0.405. The average Bonchev–Trinajstić information content (AvgIpc) is 2.36. The molecule has 0 fully saturated rings. The second kappa shape index (κ2) is 8.03. The Bertz CT molecular complexity index is 481. The van der Waals surface area contributed by atoms with Crippen LogP contribution in [0.25, 0.3) is 0 Å². The molecule has 0 bridgehead atoms. The number of carbonyl (C=O) groups is 1. The fourth-order valence-corrected chi connectivity index (χ4v) is 1.97. The highest BCUT2D eigenvalue weighted by atomic mass is 16.6. The molecule has 0 radical (unpaired) electrons. The van der Waals surface area contributed by atoms with E-state index in [2.05, 4.69) is 24.5 Å². The number of amides is 1. The molecular formula is C17H28N2O3. The van der Waals surface area contributed by atoms with Gasteiger partial charge in [0.2, 0.25) is 0 Å². The van der Waals surface area contributed by atoms with Gasteiger partial charge < -0.3 is 20.5 Å². The molecule has 1 aromatic carbocycles. The van der Waals surface area contributed by atoms with Gasteiger partial charge in [0.25, 0.3) is 0 Å². The van der Waals surface area contributed by atoms with Gasteiger partial charge in [-0.2, -0.15) is 0 Å². The van der Waals surface area contributed by atoms with Gasteiger partial charge in [0.15, 0.2) is 0 Å². The van der Waals surface area contributed by atoms with Gasteiger partial charge in [-0.15, -0.1) is 0 Å². The van der Waals surface area contributed by atoms with Crippen molar-refractivity contribution in [3.8, 4) is 5.75 Å². The molecule has 1 atom stereocenters. The van der Waals surface area contributed by atoms with E-state index in [9.17, 15) is 9.90 Å². The number of phenols is 1. The molecule has 5 nitrogen and oxygen atoms in total. The molecule has 5 heteroatoms. The standard InChI is InChI=1S/C17H28N2O3/c1-12(2)15(11-19-16(21)22-17(3,4)5)18-10-13-7-6-8-14(20)9-13/h6-9,12,15,18,20H,10-11H2,1-5H3,(H,19,21). The molecule has 0 aliphatic heterocycles. The minimum atomic E-state index is -0.494. The summed E-state index contributed by atoms with van der Waals surface area (Å²) in [6.45, 7) is 10.8. The molecule has 1 unspecified atom stereocenters. The summed E-state index contributed by atoms with van der Waals surface area (Å²) in [5.41, 5.74) is 0.509. The van der Waals surface area contributed by atoms with Gasteiger partial charge in [0.1, 0.15) is 11.4 Å². The Kier molecular flexibility index (Phi) is 6.68. The Morgan fingerprint density at radius 1 is 1.32 bits per heavy atom. The van der Waals surface area contributed by atoms with E-state index in [0.717, 1.165) is 5.56 Å². The number of hydrogen-bond acceptors (Lipinski definition) is 4. The van der Waals surface area contributed by atoms with Crippen LogP contribution in [-0.2, 0) is 11.3 Å². The van der Waals surface area contributed by atoms with Crippen LogP contribution in [0.15, 0.2) is 24.3 Å². The summed E-state index contributed by atoms with van der Waals surface area (Å²) in [7, 11) is 0. The van der Waals surface area contributed by atoms with Crippen molar-refractivity contribution in [3.05, 3.63) is 29.8 Å². The summed E-state index contributed by atoms with van der Waals surface area (Å²) in [5.74, 6) is 0.611. The van der Waals surface area contributed by atoms with E-state index in [4.69, 9.17) is 4.74 Å². The molecule has 0 heterocycles. The first-order valence-corrected chi connectivity index (χ1v) is 7.65. The lowest BCUT2D eigenvalue weighted by Crippen LogP contribution is -2.45. The molecule has 0 aliphatic carbocycles. The fourth-order valence-electron chi connectivity index (χ4n) is 1.97. The Labute approximate surface area is 133 Å². The SMILES string of the molecule is CC(C)C(CNC(=O)OC(C)(C)C)NCc1cccc(O)c1. The first-order chi connectivity index (χ1) is 10.2. The van der Waals surface area contributed by atoms with Crippen LogP contribution in [0.2, 0.25) is 0 Å². The van der Waals surface area contributed by atoms with E-state index in [1.54, 1.807) is 12.1 Å². The zero-order chi connectivity index (χ0) is 16.8. The second-order valence-electron chi connectivity index (χ2n) is 6.78. The van der Waals surface area contributed by atoms with Crippen LogP contribution in [0.5, 0.6) is 5.75 Å². The predicted molar refractivity (Wildman–Crippen MR) is 87.8 cm³/mol. The van der Waals surface area contributed by atoms with Crippen LogP contribution in [0.1, 0.15) is 40.2 Å². The van der Waals surface area contributed by atoms with Crippen molar-refractivity contribution in [1.82, 2.24) is 10.6 Å². The van der Waals surface area contributed by atoms with Crippen LogP contribution >= 0.6 is 0 Å². The number of aromatic hydroxyl groups is 1. The number of nitrogens with one attached hydrogen (secondary N) is 2. The highest BCUT2D eigenvalue weighted by Crippen LogP contribution is 2.12. The van der Waals surface area contributed by atoms with Gasteiger partial charge in [-0.25, -0.2) is 4.79 Å². The lowest BCUT2D eigenvalue weighted by Gasteiger charge is -2.25. The highest BCUT2D eigenvalue weighted by molar-refractivity contribution is 5.67. The number of hydrogen-bond donors (Lipinski definition) is 3. The third-order valence-corrected chi connectivity index (χ3v) is 3.15. The lowest BCUT2D eigenvalue weighted by molar-refractivity contribution is 0.0519. The largest absolute Gasteiger partial charge is 0.508 e. The molecule has 1 aromatic rings. The molecule has 22 heavy (non-hydrogen) atoms. The van der Waals surface area contributed by atoms with Crippen molar-refractivity contribution >= 4 is 6.09 Å². The summed E-state index contributed by atoms with van der Waals surface area (Å²) in [6, 6.07) is 7.26. The van der Waals surface area contributed by atoms with Gasteiger partial charge in [-0.3, -0.25) is 0 Å². The molecule has 0 saturated heterocycles. The van der Waals surface area contributed by atoms with Crippen molar-refractivity contribution in [2.45, 2.75) is 52.8 Å². The third-order valence-electron chi connectivity index (χ3n) is 3.15. The number of alkyl carbamates (subject to hydrolysis) is 1. The summed E-state index contributed by atoms with van der Waals surface area (Å²) in [5, 5.41) is 15.7. The van der Waals surface area contributed by atoms with Crippen molar-refractivity contribution < 1.29 is 14.6 Å². The number of benzene rings is 1. The average molecular weight is 308 g/mol. The number of phenolic OH excluding ortho intramolecular Hbond substituents is 1. The Morgan fingerprint density at radius 2 is 2.00 bits per heavy atom. The van der Waals surface area contributed by atoms with Gasteiger partial charge in [0.05, 0.1) is 0 Å². The summed E-state index contributed by atoms with van der Waals surface area (Å²) >= 11 is 0. The van der Waals surface area contributed by atoms with Gasteiger partial charge in [0, 0.05) is 19.1 Å². The maximum atomic E-state index is 11.7. The normalized spacial score (nSPS) is 13.0. The van der Waals surface area contributed by atoms with E-state index in [1.807, 2.05) is 32.9 Å². The molecule has 1 rings (SSSR count). The number of carbonyl (C=O) groups excluding carboxylic acids is 1. The van der Waals surface area contributed by atoms with E-state index in [0.29, 0.717) is 19.0 Å². The second-order valence-corrected chi connectivity index (χ2v) is 6.78. The quantitative estimate of drug-likeness (QED) is 0.755. The lowest BCUT2D eigenvalue weighted by atomic mass is 10.0. The minimum absolute atomic E-state index is 0.120. The molecule has 3 N–H and O–H groups in total. The van der Waals surface area contributed by atoms with E-state index >= 15 is 0 Å². The molecule has 0 aliphatic rings. The third kappa shape index (κ3) is 7.31. The number of ether oxygens (including phenoxy) is 1. The number of rotatable bonds is 6. The van der Waals surface area contributed by atoms with Crippen molar-refractivity contribution in [3.63, 3.8) is 0 Å². The summed E-state index contributed by atoms with van der Waals surface area (Å²) in [4.78, 5) is 11.7. The highest BCUT2D eigenvalue weighted by Gasteiger charge is 2.18. The maximum absolute atomic E-state index is 11.7. The molecule has 1 amide bonds. The Balaban J connectivity index is 2.47. The molecule has 0 aromatic heterocycles. The van der Waals surface area contributed by atoms with E-state index in [1.165, 1.54) is 0 Å². The van der Waals surface area contributed by atoms with Crippen molar-refractivity contribution in [1.29, 1.82) is 0 Å². The topological polar surface area (TPSA) is 70.6 Å². The molecule has 124 valence electrons. The maximum Gasteiger partial charge on any atom is 0.407 e. The van der Waals surface area contributed by atoms with Gasteiger partial charge in [-0.05, 0) is 44.4 Å². The van der Waals surface area contributed by atoms with Crippen LogP contribution in [0, 0.1) is 5.92 Å². The first kappa shape index (κ1) is 18.3. The zero-order valence-corrected chi connectivity index (χ0v) is 14.1. The van der Waals surface area contributed by atoms with E-state index < -0.39 is 11.7 Å². The zero-order valence-electron chi connectivity index (χ0n) is 14.1. The molecule has 0 spiro atoms. The molecule has 0 saturated carbocycles. The van der Waals surface area contributed by atoms with Gasteiger partial charge in [-0.1, -0.05) is 26.0 Å².